The van der Waals surface area contributed by atoms with Gasteiger partial charge in [0.1, 0.15) is 0 Å². The summed E-state index contributed by atoms with van der Waals surface area (Å²) >= 11 is 0. The minimum atomic E-state index is 0.272. The van der Waals surface area contributed by atoms with Crippen LogP contribution >= 0.6 is 0 Å². The summed E-state index contributed by atoms with van der Waals surface area (Å²) in [6.07, 6.45) is 6.84. The Morgan fingerprint density at radius 1 is 1.21 bits per heavy atom. The average molecular weight is 268 g/mol. The highest BCUT2D eigenvalue weighted by Crippen LogP contribution is 2.28. The van der Waals surface area contributed by atoms with Crippen molar-refractivity contribution in [1.29, 1.82) is 0 Å². The third-order valence-electron chi connectivity index (χ3n) is 4.27. The number of likely N-dealkylation sites (N-methyl/N-ethyl adjacent to an activating group) is 1. The first-order valence-electron chi connectivity index (χ1n) is 7.78. The van der Waals surface area contributed by atoms with Gasteiger partial charge in [-0.1, -0.05) is 0 Å². The molecule has 0 aromatic carbocycles. The van der Waals surface area contributed by atoms with E-state index >= 15 is 0 Å². The van der Waals surface area contributed by atoms with Crippen molar-refractivity contribution < 1.29 is 9.53 Å². The van der Waals surface area contributed by atoms with Crippen molar-refractivity contribution in [2.45, 2.75) is 38.5 Å². The van der Waals surface area contributed by atoms with Gasteiger partial charge in [0, 0.05) is 26.6 Å². The number of rotatable bonds is 8. The molecule has 1 amide bonds. The van der Waals surface area contributed by atoms with E-state index in [1.165, 1.54) is 25.7 Å². The molecule has 19 heavy (non-hydrogen) atoms. The number of hydrogen-bond donors (Lipinski definition) is 1. The smallest absolute Gasteiger partial charge is 0.222 e. The zero-order valence-corrected chi connectivity index (χ0v) is 12.2. The molecule has 4 nitrogen and oxygen atoms in total. The number of piperidine rings is 1. The van der Waals surface area contributed by atoms with E-state index in [1.807, 2.05) is 11.9 Å². The zero-order valence-electron chi connectivity index (χ0n) is 12.2. The largest absolute Gasteiger partial charge is 0.379 e. The first-order valence-corrected chi connectivity index (χ1v) is 7.78. The molecule has 0 aromatic heterocycles. The maximum atomic E-state index is 12.0. The van der Waals surface area contributed by atoms with Crippen LogP contribution in [0.4, 0.5) is 0 Å². The van der Waals surface area contributed by atoms with E-state index < -0.39 is 0 Å². The summed E-state index contributed by atoms with van der Waals surface area (Å²) in [6, 6.07) is 0. The van der Waals surface area contributed by atoms with E-state index in [4.69, 9.17) is 4.74 Å². The van der Waals surface area contributed by atoms with E-state index in [0.29, 0.717) is 13.0 Å². The number of ether oxygens (including phenoxy) is 1. The van der Waals surface area contributed by atoms with E-state index in [0.717, 1.165) is 44.5 Å². The van der Waals surface area contributed by atoms with E-state index in [-0.39, 0.29) is 5.91 Å². The number of hydrogen-bond acceptors (Lipinski definition) is 3. The van der Waals surface area contributed by atoms with Crippen LogP contribution in [0.1, 0.15) is 38.5 Å². The van der Waals surface area contributed by atoms with Gasteiger partial charge < -0.3 is 15.0 Å². The molecule has 1 N–H and O–H groups in total. The quantitative estimate of drug-likeness (QED) is 0.681. The molecule has 1 saturated heterocycles. The van der Waals surface area contributed by atoms with E-state index in [2.05, 4.69) is 5.32 Å². The molecule has 0 unspecified atom stereocenters. The molecule has 1 aliphatic heterocycles. The molecule has 4 heteroatoms. The third-order valence-corrected chi connectivity index (χ3v) is 4.27. The monoisotopic (exact) mass is 268 g/mol. The van der Waals surface area contributed by atoms with Gasteiger partial charge in [-0.15, -0.1) is 0 Å². The summed E-state index contributed by atoms with van der Waals surface area (Å²) in [5.41, 5.74) is 0. The number of carbonyl (C=O) groups excluding carboxylic acids is 1. The molecule has 1 saturated carbocycles. The van der Waals surface area contributed by atoms with Crippen LogP contribution in [-0.4, -0.2) is 50.7 Å². The van der Waals surface area contributed by atoms with Crippen LogP contribution in [0.15, 0.2) is 0 Å². The molecular formula is C15H28N2O2. The van der Waals surface area contributed by atoms with Gasteiger partial charge in [0.25, 0.3) is 0 Å². The minimum absolute atomic E-state index is 0.272. The normalized spacial score (nSPS) is 20.5. The van der Waals surface area contributed by atoms with Gasteiger partial charge in [-0.05, 0) is 57.0 Å². The molecule has 2 rings (SSSR count). The molecule has 0 spiro atoms. The Morgan fingerprint density at radius 2 is 1.95 bits per heavy atom. The lowest BCUT2D eigenvalue weighted by atomic mass is 9.93. The molecule has 2 fully saturated rings. The highest BCUT2D eigenvalue weighted by atomic mass is 16.5. The number of nitrogens with one attached hydrogen (secondary N) is 1. The van der Waals surface area contributed by atoms with Crippen molar-refractivity contribution in [2.24, 2.45) is 11.8 Å². The van der Waals surface area contributed by atoms with Gasteiger partial charge in [-0.2, -0.15) is 0 Å². The van der Waals surface area contributed by atoms with Crippen LogP contribution in [0.3, 0.4) is 0 Å². The Morgan fingerprint density at radius 3 is 2.63 bits per heavy atom. The van der Waals surface area contributed by atoms with Gasteiger partial charge in [0.2, 0.25) is 5.91 Å². The Hall–Kier alpha value is -0.610. The van der Waals surface area contributed by atoms with Gasteiger partial charge in [-0.25, -0.2) is 0 Å². The number of carbonyl (C=O) groups is 1. The van der Waals surface area contributed by atoms with Crippen LogP contribution in [0.25, 0.3) is 0 Å². The highest BCUT2D eigenvalue weighted by Gasteiger charge is 2.21. The Kier molecular flexibility index (Phi) is 6.11. The second-order valence-corrected chi connectivity index (χ2v) is 6.07. The predicted octanol–water partition coefficient (Wildman–Crippen LogP) is 1.65. The maximum absolute atomic E-state index is 12.0. The minimum Gasteiger partial charge on any atom is -0.379 e. The Labute approximate surface area is 116 Å². The first-order chi connectivity index (χ1) is 9.25. The average Bonchev–Trinajstić information content (AvgIpc) is 3.26. The lowest BCUT2D eigenvalue weighted by Crippen LogP contribution is -2.32. The van der Waals surface area contributed by atoms with Crippen LogP contribution in [0.2, 0.25) is 0 Å². The molecule has 0 bridgehead atoms. The molecule has 1 heterocycles. The fraction of sp³-hybridized carbons (Fsp3) is 0.933. The molecule has 0 aromatic rings. The summed E-state index contributed by atoms with van der Waals surface area (Å²) < 4.78 is 5.57. The van der Waals surface area contributed by atoms with Gasteiger partial charge >= 0.3 is 0 Å². The third kappa shape index (κ3) is 5.91. The van der Waals surface area contributed by atoms with Crippen LogP contribution in [-0.2, 0) is 9.53 Å². The SMILES string of the molecule is CN(CCOCC1CC1)C(=O)CCC1CCNCC1. The van der Waals surface area contributed by atoms with Crippen molar-refractivity contribution in [3.05, 3.63) is 0 Å². The Bertz CT molecular complexity index is 273. The number of amides is 1. The van der Waals surface area contributed by atoms with Gasteiger partial charge in [0.05, 0.1) is 6.61 Å². The van der Waals surface area contributed by atoms with Crippen molar-refractivity contribution in [1.82, 2.24) is 10.2 Å². The first kappa shape index (κ1) is 14.8. The van der Waals surface area contributed by atoms with E-state index in [9.17, 15) is 4.79 Å². The second kappa shape index (κ2) is 7.85. The van der Waals surface area contributed by atoms with Gasteiger partial charge in [0.15, 0.2) is 0 Å². The molecular weight excluding hydrogens is 240 g/mol. The lowest BCUT2D eigenvalue weighted by molar-refractivity contribution is -0.130. The van der Waals surface area contributed by atoms with Crippen molar-refractivity contribution in [2.75, 3.05) is 39.9 Å². The summed E-state index contributed by atoms with van der Waals surface area (Å²) in [4.78, 5) is 13.8. The van der Waals surface area contributed by atoms with Crippen LogP contribution in [0, 0.1) is 11.8 Å². The topological polar surface area (TPSA) is 41.6 Å². The lowest BCUT2D eigenvalue weighted by Gasteiger charge is -2.23. The predicted molar refractivity (Wildman–Crippen MR) is 76.0 cm³/mol. The molecule has 1 aliphatic carbocycles. The van der Waals surface area contributed by atoms with Crippen molar-refractivity contribution >= 4 is 5.91 Å². The fourth-order valence-electron chi connectivity index (χ4n) is 2.55. The van der Waals surface area contributed by atoms with Gasteiger partial charge in [-0.3, -0.25) is 4.79 Å². The molecule has 0 atom stereocenters. The van der Waals surface area contributed by atoms with Crippen LogP contribution in [0.5, 0.6) is 0 Å². The van der Waals surface area contributed by atoms with E-state index in [1.54, 1.807) is 0 Å². The fourth-order valence-corrected chi connectivity index (χ4v) is 2.55. The highest BCUT2D eigenvalue weighted by molar-refractivity contribution is 5.75. The van der Waals surface area contributed by atoms with Crippen molar-refractivity contribution in [3.8, 4) is 0 Å². The second-order valence-electron chi connectivity index (χ2n) is 6.07. The molecule has 110 valence electrons. The zero-order chi connectivity index (χ0) is 13.5. The number of nitrogens with zero attached hydrogens (tertiary/aromatic N) is 1. The Balaban J connectivity index is 1.50. The summed E-state index contributed by atoms with van der Waals surface area (Å²) in [5.74, 6) is 1.82. The van der Waals surface area contributed by atoms with Crippen molar-refractivity contribution in [3.63, 3.8) is 0 Å². The molecule has 0 radical (unpaired) electrons. The summed E-state index contributed by atoms with van der Waals surface area (Å²) in [7, 11) is 1.89. The summed E-state index contributed by atoms with van der Waals surface area (Å²) in [5, 5.41) is 3.36. The van der Waals surface area contributed by atoms with Crippen LogP contribution < -0.4 is 5.32 Å². The standard InChI is InChI=1S/C15H28N2O2/c1-17(10-11-19-12-14-2-3-14)15(18)5-4-13-6-8-16-9-7-13/h13-14,16H,2-12H2,1H3. The molecule has 2 aliphatic rings. The summed E-state index contributed by atoms with van der Waals surface area (Å²) in [6.45, 7) is 4.54. The maximum Gasteiger partial charge on any atom is 0.222 e.